The van der Waals surface area contributed by atoms with E-state index >= 15 is 0 Å². The molecule has 102 valence electrons. The Balaban J connectivity index is 2.04. The van der Waals surface area contributed by atoms with Gasteiger partial charge in [0.2, 0.25) is 5.88 Å². The summed E-state index contributed by atoms with van der Waals surface area (Å²) in [6.07, 6.45) is 0. The number of para-hydroxylation sites is 1. The molecule has 0 aliphatic heterocycles. The van der Waals surface area contributed by atoms with E-state index in [0.29, 0.717) is 22.5 Å². The van der Waals surface area contributed by atoms with Crippen LogP contribution in [0.3, 0.4) is 0 Å². The molecule has 0 atom stereocenters. The average Bonchev–Trinajstić information content (AvgIpc) is 2.54. The lowest BCUT2D eigenvalue weighted by Gasteiger charge is -2.10. The number of nitriles is 1. The minimum atomic E-state index is 0.556. The van der Waals surface area contributed by atoms with Crippen molar-refractivity contribution in [3.63, 3.8) is 0 Å². The quantitative estimate of drug-likeness (QED) is 0.644. The maximum absolute atomic E-state index is 8.94. The van der Waals surface area contributed by atoms with Gasteiger partial charge in [0.25, 0.3) is 0 Å². The van der Waals surface area contributed by atoms with Crippen LogP contribution in [-0.2, 0) is 5.33 Å². The van der Waals surface area contributed by atoms with Crippen LogP contribution in [0.4, 0.5) is 0 Å². The van der Waals surface area contributed by atoms with Crippen LogP contribution >= 0.6 is 15.9 Å². The molecule has 0 unspecified atom stereocenters. The van der Waals surface area contributed by atoms with Crippen LogP contribution in [0.1, 0.15) is 11.1 Å². The van der Waals surface area contributed by atoms with Gasteiger partial charge in [0.15, 0.2) is 0 Å². The van der Waals surface area contributed by atoms with Gasteiger partial charge in [-0.05, 0) is 30.3 Å². The number of nitrogens with zero attached hydrogens (tertiary/aromatic N) is 2. The lowest BCUT2D eigenvalue weighted by atomic mass is 10.1. The first-order valence-corrected chi connectivity index (χ1v) is 7.55. The molecule has 0 radical (unpaired) electrons. The molecule has 0 bridgehead atoms. The monoisotopic (exact) mass is 338 g/mol. The lowest BCUT2D eigenvalue weighted by molar-refractivity contribution is 0.460. The minimum absolute atomic E-state index is 0.556. The predicted octanol–water partition coefficient (Wildman–Crippen LogP) is 4.79. The molecule has 0 saturated heterocycles. The first-order valence-electron chi connectivity index (χ1n) is 6.43. The third kappa shape index (κ3) is 2.88. The highest BCUT2D eigenvalue weighted by Gasteiger charge is 2.09. The molecule has 4 heteroatoms. The molecule has 0 amide bonds. The van der Waals surface area contributed by atoms with Crippen LogP contribution in [0, 0.1) is 11.3 Å². The highest BCUT2D eigenvalue weighted by Crippen LogP contribution is 2.28. The fourth-order valence-electron chi connectivity index (χ4n) is 2.07. The van der Waals surface area contributed by atoms with E-state index in [1.54, 1.807) is 18.2 Å². The summed E-state index contributed by atoms with van der Waals surface area (Å²) in [5.41, 5.74) is 2.42. The number of hydrogen-bond acceptors (Lipinski definition) is 3. The summed E-state index contributed by atoms with van der Waals surface area (Å²) < 4.78 is 5.86. The molecule has 3 aromatic rings. The van der Waals surface area contributed by atoms with E-state index in [4.69, 9.17) is 10.00 Å². The summed E-state index contributed by atoms with van der Waals surface area (Å²) in [5, 5.41) is 10.7. The second-order valence-electron chi connectivity index (χ2n) is 4.52. The number of pyridine rings is 1. The minimum Gasteiger partial charge on any atom is -0.439 e. The molecule has 0 saturated carbocycles. The van der Waals surface area contributed by atoms with Crippen molar-refractivity contribution in [3.8, 4) is 17.7 Å². The third-order valence-electron chi connectivity index (χ3n) is 3.08. The van der Waals surface area contributed by atoms with Gasteiger partial charge in [-0.1, -0.05) is 40.2 Å². The van der Waals surface area contributed by atoms with Gasteiger partial charge < -0.3 is 4.74 Å². The molecule has 0 aliphatic carbocycles. The number of fused-ring (bicyclic) bond motifs is 1. The van der Waals surface area contributed by atoms with Gasteiger partial charge in [-0.3, -0.25) is 0 Å². The first-order chi connectivity index (χ1) is 10.3. The molecule has 0 spiro atoms. The average molecular weight is 339 g/mol. The van der Waals surface area contributed by atoms with E-state index < -0.39 is 0 Å². The van der Waals surface area contributed by atoms with Crippen LogP contribution < -0.4 is 4.74 Å². The number of alkyl halides is 1. The standard InChI is InChI=1S/C17H11BrN2O/c18-10-14-9-13-5-1-2-7-16(13)20-17(14)21-15-6-3-4-12(8-15)11-19/h1-9H,10H2. The Labute approximate surface area is 130 Å². The number of benzene rings is 2. The highest BCUT2D eigenvalue weighted by molar-refractivity contribution is 9.08. The molecule has 0 N–H and O–H groups in total. The van der Waals surface area contributed by atoms with Crippen molar-refractivity contribution in [2.45, 2.75) is 5.33 Å². The van der Waals surface area contributed by atoms with Gasteiger partial charge in [0.1, 0.15) is 5.75 Å². The van der Waals surface area contributed by atoms with Crippen molar-refractivity contribution in [2.24, 2.45) is 0 Å². The number of ether oxygens (including phenoxy) is 1. The van der Waals surface area contributed by atoms with Crippen LogP contribution in [0.5, 0.6) is 11.6 Å². The Morgan fingerprint density at radius 1 is 1.10 bits per heavy atom. The fourth-order valence-corrected chi connectivity index (χ4v) is 2.47. The number of rotatable bonds is 3. The van der Waals surface area contributed by atoms with E-state index in [0.717, 1.165) is 16.5 Å². The predicted molar refractivity (Wildman–Crippen MR) is 85.6 cm³/mol. The molecule has 21 heavy (non-hydrogen) atoms. The van der Waals surface area contributed by atoms with Crippen molar-refractivity contribution < 1.29 is 4.74 Å². The zero-order valence-electron chi connectivity index (χ0n) is 11.1. The highest BCUT2D eigenvalue weighted by atomic mass is 79.9. The van der Waals surface area contributed by atoms with Crippen LogP contribution in [0.15, 0.2) is 54.6 Å². The Kier molecular flexibility index (Phi) is 3.85. The summed E-state index contributed by atoms with van der Waals surface area (Å²) >= 11 is 3.46. The maximum Gasteiger partial charge on any atom is 0.223 e. The fraction of sp³-hybridized carbons (Fsp3) is 0.0588. The van der Waals surface area contributed by atoms with E-state index in [-0.39, 0.29) is 0 Å². The Morgan fingerprint density at radius 2 is 1.95 bits per heavy atom. The van der Waals surface area contributed by atoms with Gasteiger partial charge >= 0.3 is 0 Å². The largest absolute Gasteiger partial charge is 0.439 e. The molecule has 3 rings (SSSR count). The van der Waals surface area contributed by atoms with E-state index in [9.17, 15) is 0 Å². The normalized spacial score (nSPS) is 10.3. The molecule has 2 aromatic carbocycles. The summed E-state index contributed by atoms with van der Waals surface area (Å²) in [7, 11) is 0. The maximum atomic E-state index is 8.94. The van der Waals surface area contributed by atoms with Crippen LogP contribution in [-0.4, -0.2) is 4.98 Å². The summed E-state index contributed by atoms with van der Waals surface area (Å²) in [5.74, 6) is 1.17. The zero-order valence-corrected chi connectivity index (χ0v) is 12.7. The van der Waals surface area contributed by atoms with Crippen molar-refractivity contribution in [1.29, 1.82) is 5.26 Å². The van der Waals surface area contributed by atoms with Crippen molar-refractivity contribution in [3.05, 3.63) is 65.7 Å². The second-order valence-corrected chi connectivity index (χ2v) is 5.08. The SMILES string of the molecule is N#Cc1cccc(Oc2nc3ccccc3cc2CBr)c1. The first kappa shape index (κ1) is 13.6. The smallest absolute Gasteiger partial charge is 0.223 e. The van der Waals surface area contributed by atoms with Gasteiger partial charge in [-0.2, -0.15) is 5.26 Å². The van der Waals surface area contributed by atoms with Gasteiger partial charge in [0, 0.05) is 16.3 Å². The van der Waals surface area contributed by atoms with E-state index in [1.165, 1.54) is 0 Å². The lowest BCUT2D eigenvalue weighted by Crippen LogP contribution is -1.94. The van der Waals surface area contributed by atoms with Crippen LogP contribution in [0.25, 0.3) is 10.9 Å². The van der Waals surface area contributed by atoms with E-state index in [2.05, 4.69) is 33.0 Å². The molecule has 1 aromatic heterocycles. The number of aromatic nitrogens is 1. The van der Waals surface area contributed by atoms with Gasteiger partial charge in [-0.25, -0.2) is 4.98 Å². The molecule has 1 heterocycles. The third-order valence-corrected chi connectivity index (χ3v) is 3.69. The Hall–Kier alpha value is -2.38. The van der Waals surface area contributed by atoms with Crippen LogP contribution in [0.2, 0.25) is 0 Å². The Morgan fingerprint density at radius 3 is 2.76 bits per heavy atom. The van der Waals surface area contributed by atoms with Crippen molar-refractivity contribution in [2.75, 3.05) is 0 Å². The topological polar surface area (TPSA) is 45.9 Å². The number of hydrogen-bond donors (Lipinski definition) is 0. The zero-order chi connectivity index (χ0) is 14.7. The van der Waals surface area contributed by atoms with Crippen molar-refractivity contribution >= 4 is 26.8 Å². The summed E-state index contributed by atoms with van der Waals surface area (Å²) in [6.45, 7) is 0. The molecule has 0 fully saturated rings. The van der Waals surface area contributed by atoms with Gasteiger partial charge in [-0.15, -0.1) is 0 Å². The van der Waals surface area contributed by atoms with Gasteiger partial charge in [0.05, 0.1) is 17.1 Å². The second kappa shape index (κ2) is 5.94. The molecule has 0 aliphatic rings. The molecular formula is C17H11BrN2O. The molecular weight excluding hydrogens is 328 g/mol. The molecule has 3 nitrogen and oxygen atoms in total. The summed E-state index contributed by atoms with van der Waals surface area (Å²) in [4.78, 5) is 4.56. The number of halogens is 1. The van der Waals surface area contributed by atoms with E-state index in [1.807, 2.05) is 30.3 Å². The van der Waals surface area contributed by atoms with Crippen molar-refractivity contribution in [1.82, 2.24) is 4.98 Å². The summed E-state index contributed by atoms with van der Waals surface area (Å²) in [6, 6.07) is 19.1. The Bertz CT molecular complexity index is 840.